The summed E-state index contributed by atoms with van der Waals surface area (Å²) >= 11 is 0. The van der Waals surface area contributed by atoms with Gasteiger partial charge in [-0.25, -0.2) is 13.1 Å². The van der Waals surface area contributed by atoms with E-state index < -0.39 is 22.0 Å². The Bertz CT molecular complexity index is 805. The summed E-state index contributed by atoms with van der Waals surface area (Å²) in [4.78, 5) is 11.7. The number of ether oxygens (including phenoxy) is 1. The number of carbonyl (C=O) groups excluding carboxylic acids is 1. The molecule has 130 valence electrons. The van der Waals surface area contributed by atoms with E-state index in [0.29, 0.717) is 5.56 Å². The SMILES string of the molecule is COC(=O)C[C@H](NS(=O)(=O)c1c(C)noc1C)c1ccc(C)cc1. The van der Waals surface area contributed by atoms with E-state index >= 15 is 0 Å². The van der Waals surface area contributed by atoms with Gasteiger partial charge in [0.05, 0.1) is 19.6 Å². The Labute approximate surface area is 141 Å². The predicted octanol–water partition coefficient (Wildman–Crippen LogP) is 2.18. The van der Waals surface area contributed by atoms with Gasteiger partial charge in [-0.3, -0.25) is 4.79 Å². The van der Waals surface area contributed by atoms with Gasteiger partial charge in [-0.1, -0.05) is 35.0 Å². The second kappa shape index (κ2) is 7.14. The van der Waals surface area contributed by atoms with Gasteiger partial charge < -0.3 is 9.26 Å². The van der Waals surface area contributed by atoms with Gasteiger partial charge in [0.15, 0.2) is 5.76 Å². The summed E-state index contributed by atoms with van der Waals surface area (Å²) in [7, 11) is -2.64. The number of rotatable bonds is 6. The Kier molecular flexibility index (Phi) is 5.40. The van der Waals surface area contributed by atoms with Gasteiger partial charge in [0.1, 0.15) is 10.6 Å². The fourth-order valence-corrected chi connectivity index (χ4v) is 3.93. The second-order valence-electron chi connectivity index (χ2n) is 5.52. The molecule has 0 fully saturated rings. The van der Waals surface area contributed by atoms with Crippen molar-refractivity contribution in [3.63, 3.8) is 0 Å². The van der Waals surface area contributed by atoms with Gasteiger partial charge >= 0.3 is 5.97 Å². The molecule has 0 radical (unpaired) electrons. The van der Waals surface area contributed by atoms with Crippen molar-refractivity contribution in [2.75, 3.05) is 7.11 Å². The summed E-state index contributed by atoms with van der Waals surface area (Å²) < 4.78 is 37.5. The Hall–Kier alpha value is -2.19. The Morgan fingerprint density at radius 3 is 2.38 bits per heavy atom. The van der Waals surface area contributed by atoms with E-state index in [4.69, 9.17) is 4.52 Å². The summed E-state index contributed by atoms with van der Waals surface area (Å²) in [5.41, 5.74) is 1.96. The first-order valence-electron chi connectivity index (χ1n) is 7.33. The second-order valence-corrected chi connectivity index (χ2v) is 7.17. The largest absolute Gasteiger partial charge is 0.469 e. The Morgan fingerprint density at radius 1 is 1.25 bits per heavy atom. The van der Waals surface area contributed by atoms with E-state index in [1.165, 1.54) is 14.0 Å². The lowest BCUT2D eigenvalue weighted by Crippen LogP contribution is -2.31. The number of aromatic nitrogens is 1. The van der Waals surface area contributed by atoms with Crippen LogP contribution in [0.25, 0.3) is 0 Å². The van der Waals surface area contributed by atoms with E-state index in [1.807, 2.05) is 19.1 Å². The average molecular weight is 352 g/mol. The zero-order valence-corrected chi connectivity index (χ0v) is 14.8. The third-order valence-electron chi connectivity index (χ3n) is 3.61. The van der Waals surface area contributed by atoms with Crippen LogP contribution in [0.3, 0.4) is 0 Å². The molecular weight excluding hydrogens is 332 g/mol. The van der Waals surface area contributed by atoms with Crippen LogP contribution in [-0.4, -0.2) is 26.7 Å². The highest BCUT2D eigenvalue weighted by Gasteiger charge is 2.29. The molecule has 7 nitrogen and oxygen atoms in total. The van der Waals surface area contributed by atoms with Crippen LogP contribution in [-0.2, 0) is 19.6 Å². The Morgan fingerprint density at radius 2 is 1.88 bits per heavy atom. The highest BCUT2D eigenvalue weighted by molar-refractivity contribution is 7.89. The first-order chi connectivity index (χ1) is 11.2. The number of aryl methyl sites for hydroxylation is 3. The minimum Gasteiger partial charge on any atom is -0.469 e. The van der Waals surface area contributed by atoms with Crippen molar-refractivity contribution in [1.82, 2.24) is 9.88 Å². The maximum Gasteiger partial charge on any atom is 0.307 e. The molecule has 0 unspecified atom stereocenters. The normalized spacial score (nSPS) is 12.8. The van der Waals surface area contributed by atoms with Gasteiger partial charge in [-0.05, 0) is 26.3 Å². The molecule has 0 aliphatic heterocycles. The highest BCUT2D eigenvalue weighted by Crippen LogP contribution is 2.24. The predicted molar refractivity (Wildman–Crippen MR) is 86.9 cm³/mol. The molecule has 8 heteroatoms. The van der Waals surface area contributed by atoms with Crippen molar-refractivity contribution < 1.29 is 22.5 Å². The summed E-state index contributed by atoms with van der Waals surface area (Å²) in [6.45, 7) is 5.00. The molecule has 0 amide bonds. The summed E-state index contributed by atoms with van der Waals surface area (Å²) in [6.07, 6.45) is -0.123. The molecule has 1 atom stereocenters. The lowest BCUT2D eigenvalue weighted by molar-refractivity contribution is -0.141. The molecule has 0 saturated carbocycles. The number of carbonyl (C=O) groups is 1. The minimum absolute atomic E-state index is 0.00974. The lowest BCUT2D eigenvalue weighted by atomic mass is 10.0. The van der Waals surface area contributed by atoms with Crippen LogP contribution in [0.2, 0.25) is 0 Å². The summed E-state index contributed by atoms with van der Waals surface area (Å²) in [5, 5.41) is 3.67. The lowest BCUT2D eigenvalue weighted by Gasteiger charge is -2.18. The van der Waals surface area contributed by atoms with Crippen LogP contribution in [0.15, 0.2) is 33.7 Å². The van der Waals surface area contributed by atoms with E-state index in [9.17, 15) is 13.2 Å². The minimum atomic E-state index is -3.90. The van der Waals surface area contributed by atoms with Gasteiger partial charge in [0, 0.05) is 0 Å². The molecule has 1 N–H and O–H groups in total. The number of esters is 1. The maximum absolute atomic E-state index is 12.7. The molecule has 0 aliphatic rings. The molecule has 1 heterocycles. The first-order valence-corrected chi connectivity index (χ1v) is 8.81. The van der Waals surface area contributed by atoms with Crippen molar-refractivity contribution >= 4 is 16.0 Å². The van der Waals surface area contributed by atoms with E-state index in [1.54, 1.807) is 19.1 Å². The quantitative estimate of drug-likeness (QED) is 0.800. The number of benzene rings is 1. The number of nitrogens with zero attached hydrogens (tertiary/aromatic N) is 1. The van der Waals surface area contributed by atoms with Gasteiger partial charge in [-0.15, -0.1) is 0 Å². The van der Waals surface area contributed by atoms with Crippen molar-refractivity contribution in [3.8, 4) is 0 Å². The highest BCUT2D eigenvalue weighted by atomic mass is 32.2. The topological polar surface area (TPSA) is 98.5 Å². The van der Waals surface area contributed by atoms with Crippen molar-refractivity contribution in [1.29, 1.82) is 0 Å². The van der Waals surface area contributed by atoms with E-state index in [0.717, 1.165) is 5.56 Å². The van der Waals surface area contributed by atoms with Crippen LogP contribution in [0, 0.1) is 20.8 Å². The third kappa shape index (κ3) is 4.01. The van der Waals surface area contributed by atoms with Crippen molar-refractivity contribution in [2.24, 2.45) is 0 Å². The molecule has 1 aromatic carbocycles. The number of nitrogens with one attached hydrogen (secondary N) is 1. The van der Waals surface area contributed by atoms with Crippen LogP contribution < -0.4 is 4.72 Å². The molecule has 1 aromatic heterocycles. The number of hydrogen-bond acceptors (Lipinski definition) is 6. The summed E-state index contributed by atoms with van der Waals surface area (Å²) in [6, 6.07) is 6.50. The number of hydrogen-bond donors (Lipinski definition) is 1. The van der Waals surface area contributed by atoms with E-state index in [-0.39, 0.29) is 22.8 Å². The first kappa shape index (κ1) is 18.2. The third-order valence-corrected chi connectivity index (χ3v) is 5.33. The Balaban J connectivity index is 2.37. The summed E-state index contributed by atoms with van der Waals surface area (Å²) in [5.74, 6) is -0.317. The molecule has 0 spiro atoms. The molecular formula is C16H20N2O5S. The van der Waals surface area contributed by atoms with Crippen LogP contribution >= 0.6 is 0 Å². The molecule has 0 aliphatic carbocycles. The van der Waals surface area contributed by atoms with Gasteiger partial charge in [0.2, 0.25) is 10.0 Å². The van der Waals surface area contributed by atoms with Crippen LogP contribution in [0.5, 0.6) is 0 Å². The monoisotopic (exact) mass is 352 g/mol. The molecule has 0 saturated heterocycles. The van der Waals surface area contributed by atoms with Gasteiger partial charge in [-0.2, -0.15) is 0 Å². The zero-order valence-electron chi connectivity index (χ0n) is 14.0. The fourth-order valence-electron chi connectivity index (χ4n) is 2.38. The standard InChI is InChI=1S/C16H20N2O5S/c1-10-5-7-13(8-6-10)14(9-15(19)22-4)18-24(20,21)16-11(2)17-23-12(16)3/h5-8,14,18H,9H2,1-4H3/t14-/m0/s1. The molecule has 0 bridgehead atoms. The molecule has 24 heavy (non-hydrogen) atoms. The van der Waals surface area contributed by atoms with Gasteiger partial charge in [0.25, 0.3) is 0 Å². The van der Waals surface area contributed by atoms with E-state index in [2.05, 4.69) is 14.6 Å². The number of methoxy groups -OCH3 is 1. The smallest absolute Gasteiger partial charge is 0.307 e. The van der Waals surface area contributed by atoms with Crippen LogP contribution in [0.4, 0.5) is 0 Å². The maximum atomic E-state index is 12.7. The van der Waals surface area contributed by atoms with Crippen molar-refractivity contribution in [2.45, 2.75) is 38.1 Å². The van der Waals surface area contributed by atoms with Crippen molar-refractivity contribution in [3.05, 3.63) is 46.8 Å². The molecule has 2 aromatic rings. The van der Waals surface area contributed by atoms with Crippen LogP contribution in [0.1, 0.15) is 35.0 Å². The fraction of sp³-hybridized carbons (Fsp3) is 0.375. The molecule has 2 rings (SSSR count). The zero-order chi connectivity index (χ0) is 17.9. The number of sulfonamides is 1. The average Bonchev–Trinajstić information content (AvgIpc) is 2.86.